The molecule has 3 fully saturated rings. The third kappa shape index (κ3) is 3.78. The second kappa shape index (κ2) is 7.10. The van der Waals surface area contributed by atoms with Gasteiger partial charge >= 0.3 is 0 Å². The van der Waals surface area contributed by atoms with E-state index in [1.807, 2.05) is 0 Å². The van der Waals surface area contributed by atoms with Gasteiger partial charge in [-0.2, -0.15) is 0 Å². The Kier molecular flexibility index (Phi) is 5.17. The smallest absolute Gasteiger partial charge is 0.237 e. The van der Waals surface area contributed by atoms with Crippen LogP contribution in [0.1, 0.15) is 70.6 Å². The molecule has 2 aliphatic carbocycles. The van der Waals surface area contributed by atoms with Gasteiger partial charge in [-0.25, -0.2) is 0 Å². The monoisotopic (exact) mass is 294 g/mol. The van der Waals surface area contributed by atoms with Gasteiger partial charge in [-0.05, 0) is 44.4 Å². The quantitative estimate of drug-likeness (QED) is 0.684. The minimum absolute atomic E-state index is 0.0362. The highest BCUT2D eigenvalue weighted by atomic mass is 16.3. The van der Waals surface area contributed by atoms with Crippen LogP contribution in [0.2, 0.25) is 0 Å². The van der Waals surface area contributed by atoms with Crippen molar-refractivity contribution in [3.63, 3.8) is 0 Å². The third-order valence-corrected chi connectivity index (χ3v) is 5.77. The Morgan fingerprint density at radius 1 is 0.905 bits per heavy atom. The summed E-state index contributed by atoms with van der Waals surface area (Å²) >= 11 is 0. The fourth-order valence-electron chi connectivity index (χ4n) is 4.44. The van der Waals surface area contributed by atoms with Crippen molar-refractivity contribution < 1.29 is 9.90 Å². The van der Waals surface area contributed by atoms with Crippen molar-refractivity contribution in [2.45, 2.75) is 94.9 Å². The van der Waals surface area contributed by atoms with Gasteiger partial charge in [0.1, 0.15) is 0 Å². The van der Waals surface area contributed by atoms with E-state index >= 15 is 0 Å². The van der Waals surface area contributed by atoms with Crippen LogP contribution in [0.15, 0.2) is 0 Å². The van der Waals surface area contributed by atoms with Gasteiger partial charge in [0.25, 0.3) is 0 Å². The first-order chi connectivity index (χ1) is 10.2. The predicted octanol–water partition coefficient (Wildman–Crippen LogP) is 2.11. The molecule has 0 aromatic heterocycles. The lowest BCUT2D eigenvalue weighted by atomic mass is 9.77. The van der Waals surface area contributed by atoms with Crippen molar-refractivity contribution in [3.05, 3.63) is 0 Å². The molecule has 4 nitrogen and oxygen atoms in total. The van der Waals surface area contributed by atoms with E-state index in [1.165, 1.54) is 38.5 Å². The van der Waals surface area contributed by atoms with E-state index < -0.39 is 0 Å². The van der Waals surface area contributed by atoms with Gasteiger partial charge in [-0.15, -0.1) is 0 Å². The first kappa shape index (κ1) is 15.3. The second-order valence-corrected chi connectivity index (χ2v) is 7.27. The minimum atomic E-state index is -0.359. The highest BCUT2D eigenvalue weighted by Crippen LogP contribution is 2.32. The van der Waals surface area contributed by atoms with Crippen molar-refractivity contribution in [1.82, 2.24) is 10.6 Å². The molecule has 5 unspecified atom stereocenters. The van der Waals surface area contributed by atoms with Crippen LogP contribution >= 0.6 is 0 Å². The molecule has 2 saturated carbocycles. The largest absolute Gasteiger partial charge is 0.391 e. The van der Waals surface area contributed by atoms with Crippen LogP contribution in [-0.2, 0) is 4.79 Å². The molecule has 0 aromatic rings. The van der Waals surface area contributed by atoms with Crippen LogP contribution in [0.3, 0.4) is 0 Å². The van der Waals surface area contributed by atoms with E-state index in [0.717, 1.165) is 38.0 Å². The number of fused-ring (bicyclic) bond motifs is 1. The summed E-state index contributed by atoms with van der Waals surface area (Å²) in [6, 6.07) is 0.466. The molecule has 3 rings (SSSR count). The van der Waals surface area contributed by atoms with Crippen molar-refractivity contribution in [1.29, 1.82) is 0 Å². The lowest BCUT2D eigenvalue weighted by molar-refractivity contribution is -0.126. The number of nitrogens with one attached hydrogen (secondary N) is 2. The Morgan fingerprint density at radius 2 is 1.67 bits per heavy atom. The Labute approximate surface area is 128 Å². The maximum absolute atomic E-state index is 12.5. The van der Waals surface area contributed by atoms with E-state index in [9.17, 15) is 9.90 Å². The van der Waals surface area contributed by atoms with Gasteiger partial charge < -0.3 is 15.7 Å². The number of aliphatic hydroxyl groups is 1. The van der Waals surface area contributed by atoms with Crippen molar-refractivity contribution in [2.24, 2.45) is 5.92 Å². The van der Waals surface area contributed by atoms with Crippen LogP contribution in [-0.4, -0.2) is 35.2 Å². The zero-order chi connectivity index (χ0) is 14.7. The molecule has 0 aromatic carbocycles. The van der Waals surface area contributed by atoms with Crippen molar-refractivity contribution in [3.8, 4) is 0 Å². The first-order valence-corrected chi connectivity index (χ1v) is 8.98. The number of aliphatic hydroxyl groups excluding tert-OH is 1. The SMILES string of the molecule is O=C(NC1CCCCCC1O)C1CCC2CCCCC2N1. The molecule has 3 aliphatic rings. The molecule has 5 atom stereocenters. The maximum atomic E-state index is 12.5. The number of carbonyl (C=O) groups excluding carboxylic acids is 1. The van der Waals surface area contributed by atoms with E-state index in [2.05, 4.69) is 10.6 Å². The average Bonchev–Trinajstić information content (AvgIpc) is 2.72. The number of amides is 1. The molecule has 1 saturated heterocycles. The van der Waals surface area contributed by atoms with Gasteiger partial charge in [0.15, 0.2) is 0 Å². The Hall–Kier alpha value is -0.610. The number of carbonyl (C=O) groups is 1. The summed E-state index contributed by atoms with van der Waals surface area (Å²) in [5.41, 5.74) is 0. The van der Waals surface area contributed by atoms with Crippen LogP contribution < -0.4 is 10.6 Å². The maximum Gasteiger partial charge on any atom is 0.237 e. The number of piperidine rings is 1. The zero-order valence-corrected chi connectivity index (χ0v) is 13.0. The van der Waals surface area contributed by atoms with Gasteiger partial charge in [0.05, 0.1) is 18.2 Å². The Morgan fingerprint density at radius 3 is 2.57 bits per heavy atom. The molecular formula is C17H30N2O2. The van der Waals surface area contributed by atoms with Crippen molar-refractivity contribution in [2.75, 3.05) is 0 Å². The zero-order valence-electron chi connectivity index (χ0n) is 13.0. The molecule has 1 amide bonds. The van der Waals surface area contributed by atoms with Gasteiger partial charge in [0.2, 0.25) is 5.91 Å². The summed E-state index contributed by atoms with van der Waals surface area (Å²) in [4.78, 5) is 12.5. The van der Waals surface area contributed by atoms with E-state index in [-0.39, 0.29) is 24.1 Å². The summed E-state index contributed by atoms with van der Waals surface area (Å²) in [6.45, 7) is 0. The van der Waals surface area contributed by atoms with E-state index in [4.69, 9.17) is 0 Å². The molecule has 3 N–H and O–H groups in total. The van der Waals surface area contributed by atoms with Crippen LogP contribution in [0.4, 0.5) is 0 Å². The lowest BCUT2D eigenvalue weighted by Gasteiger charge is -2.40. The fraction of sp³-hybridized carbons (Fsp3) is 0.941. The summed E-state index contributed by atoms with van der Waals surface area (Å²) in [6.07, 6.45) is 12.1. The number of hydrogen-bond donors (Lipinski definition) is 3. The molecule has 120 valence electrons. The summed E-state index contributed by atoms with van der Waals surface area (Å²) in [5.74, 6) is 0.899. The van der Waals surface area contributed by atoms with Crippen molar-refractivity contribution >= 4 is 5.91 Å². The summed E-state index contributed by atoms with van der Waals surface area (Å²) in [5, 5.41) is 16.9. The third-order valence-electron chi connectivity index (χ3n) is 5.77. The summed E-state index contributed by atoms with van der Waals surface area (Å²) < 4.78 is 0. The van der Waals surface area contributed by atoms with Crippen LogP contribution in [0.25, 0.3) is 0 Å². The molecule has 1 heterocycles. The van der Waals surface area contributed by atoms with Gasteiger partial charge in [-0.3, -0.25) is 4.79 Å². The van der Waals surface area contributed by atoms with Crippen LogP contribution in [0, 0.1) is 5.92 Å². The van der Waals surface area contributed by atoms with Gasteiger partial charge in [0, 0.05) is 6.04 Å². The molecule has 0 bridgehead atoms. The molecule has 21 heavy (non-hydrogen) atoms. The molecule has 1 aliphatic heterocycles. The second-order valence-electron chi connectivity index (χ2n) is 7.27. The predicted molar refractivity (Wildman–Crippen MR) is 82.9 cm³/mol. The van der Waals surface area contributed by atoms with Gasteiger partial charge in [-0.1, -0.05) is 32.1 Å². The number of hydrogen-bond acceptors (Lipinski definition) is 3. The number of rotatable bonds is 2. The minimum Gasteiger partial charge on any atom is -0.391 e. The summed E-state index contributed by atoms with van der Waals surface area (Å²) in [7, 11) is 0. The topological polar surface area (TPSA) is 61.4 Å². The Balaban J connectivity index is 1.52. The van der Waals surface area contributed by atoms with E-state index in [0.29, 0.717) is 6.04 Å². The van der Waals surface area contributed by atoms with E-state index in [1.54, 1.807) is 0 Å². The average molecular weight is 294 g/mol. The molecule has 0 radical (unpaired) electrons. The molecule has 4 heteroatoms. The Bertz CT molecular complexity index is 361. The van der Waals surface area contributed by atoms with Crippen LogP contribution in [0.5, 0.6) is 0 Å². The standard InChI is InChI=1S/C17H30N2O2/c20-16-9-3-1-2-8-14(16)19-17(21)15-11-10-12-6-4-5-7-13(12)18-15/h12-16,18,20H,1-11H2,(H,19,21). The lowest BCUT2D eigenvalue weighted by Crippen LogP contribution is -2.57. The normalized spacial score (nSPS) is 40.9. The molecule has 0 spiro atoms. The highest BCUT2D eigenvalue weighted by molar-refractivity contribution is 5.82. The first-order valence-electron chi connectivity index (χ1n) is 8.98. The molecular weight excluding hydrogens is 264 g/mol. The fourth-order valence-corrected chi connectivity index (χ4v) is 4.44. The highest BCUT2D eigenvalue weighted by Gasteiger charge is 2.35.